The summed E-state index contributed by atoms with van der Waals surface area (Å²) in [5.74, 6) is -0.0353. The number of aliphatic hydroxyl groups is 1. The summed E-state index contributed by atoms with van der Waals surface area (Å²) in [6.07, 6.45) is 0.288. The lowest BCUT2D eigenvalue weighted by molar-refractivity contribution is -0.118. The van der Waals surface area contributed by atoms with E-state index in [9.17, 15) is 24.6 Å². The van der Waals surface area contributed by atoms with E-state index >= 15 is 0 Å². The van der Waals surface area contributed by atoms with Gasteiger partial charge in [-0.25, -0.2) is 4.79 Å². The first-order valence-electron chi connectivity index (χ1n) is 17.2. The molecule has 1 aliphatic heterocycles. The summed E-state index contributed by atoms with van der Waals surface area (Å²) in [5.41, 5.74) is 5.01. The number of phenols is 1. The Labute approximate surface area is 296 Å². The highest BCUT2D eigenvalue weighted by molar-refractivity contribution is 5.93. The Morgan fingerprint density at radius 2 is 1.67 bits per heavy atom. The third-order valence-corrected chi connectivity index (χ3v) is 9.33. The van der Waals surface area contributed by atoms with Crippen LogP contribution >= 0.6 is 0 Å². The van der Waals surface area contributed by atoms with Crippen molar-refractivity contribution in [1.82, 2.24) is 15.2 Å². The van der Waals surface area contributed by atoms with Crippen LogP contribution in [0, 0.1) is 0 Å². The molecule has 11 heteroatoms. The highest BCUT2D eigenvalue weighted by atomic mass is 16.6. The van der Waals surface area contributed by atoms with Crippen LogP contribution in [0.2, 0.25) is 0 Å². The molecule has 5 aromatic rings. The smallest absolute Gasteiger partial charge is 0.411 e. The molecular formula is C40H43N5O6. The van der Waals surface area contributed by atoms with Crippen LogP contribution in [0.3, 0.4) is 0 Å². The lowest BCUT2D eigenvalue weighted by Crippen LogP contribution is -2.40. The molecule has 1 saturated heterocycles. The zero-order valence-electron chi connectivity index (χ0n) is 28.5. The van der Waals surface area contributed by atoms with Crippen molar-refractivity contribution in [2.45, 2.75) is 38.0 Å². The minimum atomic E-state index is -0.854. The molecule has 0 saturated carbocycles. The highest BCUT2D eigenvalue weighted by Gasteiger charge is 2.24. The van der Waals surface area contributed by atoms with Crippen molar-refractivity contribution in [1.29, 1.82) is 0 Å². The summed E-state index contributed by atoms with van der Waals surface area (Å²) in [6.45, 7) is 2.88. The molecular weight excluding hydrogens is 646 g/mol. The molecule has 0 aliphatic carbocycles. The first-order chi connectivity index (χ1) is 24.7. The zero-order chi connectivity index (χ0) is 35.7. The number of anilines is 2. The SMILES string of the molecule is CN(C(=O)CCN1CCC(OC(=O)Nc2ccccc2-c2ccccc2)CC1)c1ccc(CNCC(O)c2ccc(O)c3[nH]c(=O)ccc23)cc1. The molecule has 2 amide bonds. The van der Waals surface area contributed by atoms with Gasteiger partial charge in [-0.05, 0) is 59.9 Å². The van der Waals surface area contributed by atoms with E-state index in [0.717, 1.165) is 35.5 Å². The maximum Gasteiger partial charge on any atom is 0.411 e. The minimum absolute atomic E-state index is 0.0151. The number of aromatic hydroxyl groups is 1. The molecule has 4 aromatic carbocycles. The van der Waals surface area contributed by atoms with Crippen LogP contribution in [0.25, 0.3) is 22.0 Å². The summed E-state index contributed by atoms with van der Waals surface area (Å²) in [5, 5.41) is 27.7. The summed E-state index contributed by atoms with van der Waals surface area (Å²) in [4.78, 5) is 44.0. The van der Waals surface area contributed by atoms with Crippen LogP contribution in [0.15, 0.2) is 108 Å². The first kappa shape index (κ1) is 35.3. The van der Waals surface area contributed by atoms with Crippen molar-refractivity contribution in [2.75, 3.05) is 43.4 Å². The second-order valence-electron chi connectivity index (χ2n) is 12.8. The van der Waals surface area contributed by atoms with E-state index in [1.54, 1.807) is 24.1 Å². The highest BCUT2D eigenvalue weighted by Crippen LogP contribution is 2.29. The van der Waals surface area contributed by atoms with Gasteiger partial charge < -0.3 is 35.1 Å². The molecule has 0 bridgehead atoms. The average Bonchev–Trinajstić information content (AvgIpc) is 3.15. The molecule has 1 aromatic heterocycles. The monoisotopic (exact) mass is 689 g/mol. The third kappa shape index (κ3) is 9.01. The number of rotatable bonds is 12. The Balaban J connectivity index is 0.907. The molecule has 51 heavy (non-hydrogen) atoms. The topological polar surface area (TPSA) is 147 Å². The van der Waals surface area contributed by atoms with Gasteiger partial charge in [-0.2, -0.15) is 0 Å². The number of pyridine rings is 1. The summed E-state index contributed by atoms with van der Waals surface area (Å²) in [7, 11) is 1.77. The number of carbonyl (C=O) groups is 2. The fourth-order valence-corrected chi connectivity index (χ4v) is 6.42. The standard InChI is InChI=1S/C40H43N5O6/c1-44(29-13-11-27(12-14-29)25-41-26-36(47)32-15-17-35(46)39-33(32)16-18-37(48)43-39)38(49)21-24-45-22-19-30(20-23-45)51-40(50)42-34-10-6-5-9-31(34)28-7-3-2-4-8-28/h2-18,30,36,41,46-47H,19-26H2,1H3,(H,42,50)(H,43,48). The predicted molar refractivity (Wildman–Crippen MR) is 199 cm³/mol. The fourth-order valence-electron chi connectivity index (χ4n) is 6.42. The lowest BCUT2D eigenvalue weighted by Gasteiger charge is -2.31. The predicted octanol–water partition coefficient (Wildman–Crippen LogP) is 5.79. The molecule has 11 nitrogen and oxygen atoms in total. The summed E-state index contributed by atoms with van der Waals surface area (Å²) >= 11 is 0. The first-order valence-corrected chi connectivity index (χ1v) is 17.2. The van der Waals surface area contributed by atoms with E-state index in [4.69, 9.17) is 4.74 Å². The summed E-state index contributed by atoms with van der Waals surface area (Å²) < 4.78 is 5.76. The molecule has 5 N–H and O–H groups in total. The lowest BCUT2D eigenvalue weighted by atomic mass is 10.0. The number of para-hydroxylation sites is 1. The van der Waals surface area contributed by atoms with Crippen molar-refractivity contribution in [3.8, 4) is 16.9 Å². The number of likely N-dealkylation sites (tertiary alicyclic amines) is 1. The Kier molecular flexibility index (Phi) is 11.4. The summed E-state index contributed by atoms with van der Waals surface area (Å²) in [6, 6.07) is 31.3. The van der Waals surface area contributed by atoms with E-state index in [1.807, 2.05) is 78.9 Å². The number of hydrogen-bond acceptors (Lipinski definition) is 8. The number of hydrogen-bond donors (Lipinski definition) is 5. The van der Waals surface area contributed by atoms with E-state index in [0.29, 0.717) is 54.5 Å². The molecule has 1 unspecified atom stereocenters. The average molecular weight is 690 g/mol. The number of ether oxygens (including phenoxy) is 1. The van der Waals surface area contributed by atoms with Crippen molar-refractivity contribution in [3.63, 3.8) is 0 Å². The second kappa shape index (κ2) is 16.5. The number of nitrogens with zero attached hydrogens (tertiary/aromatic N) is 2. The Morgan fingerprint density at radius 3 is 2.43 bits per heavy atom. The van der Waals surface area contributed by atoms with Crippen LogP contribution in [0.5, 0.6) is 5.75 Å². The Bertz CT molecular complexity index is 2010. The van der Waals surface area contributed by atoms with Gasteiger partial charge in [0.1, 0.15) is 11.9 Å². The van der Waals surface area contributed by atoms with Crippen molar-refractivity contribution < 1.29 is 24.5 Å². The normalized spacial score (nSPS) is 14.2. The third-order valence-electron chi connectivity index (χ3n) is 9.33. The number of amides is 2. The van der Waals surface area contributed by atoms with Crippen LogP contribution in [0.4, 0.5) is 16.2 Å². The van der Waals surface area contributed by atoms with Gasteiger partial charge in [-0.15, -0.1) is 0 Å². The largest absolute Gasteiger partial charge is 0.506 e. The Morgan fingerprint density at radius 1 is 0.941 bits per heavy atom. The molecule has 1 fully saturated rings. The maximum atomic E-state index is 13.0. The van der Waals surface area contributed by atoms with Crippen LogP contribution in [-0.2, 0) is 16.1 Å². The zero-order valence-corrected chi connectivity index (χ0v) is 28.5. The number of aromatic nitrogens is 1. The van der Waals surface area contributed by atoms with E-state index in [-0.39, 0.29) is 29.9 Å². The van der Waals surface area contributed by atoms with Crippen molar-refractivity contribution in [2.24, 2.45) is 0 Å². The molecule has 6 rings (SSSR count). The van der Waals surface area contributed by atoms with Crippen LogP contribution < -0.4 is 21.1 Å². The number of piperidine rings is 1. The Hall–Kier alpha value is -5.49. The molecule has 264 valence electrons. The molecule has 1 aliphatic rings. The van der Waals surface area contributed by atoms with Gasteiger partial charge in [0.05, 0.1) is 17.3 Å². The van der Waals surface area contributed by atoms with Gasteiger partial charge in [0, 0.05) is 68.9 Å². The number of H-pyrrole nitrogens is 1. The van der Waals surface area contributed by atoms with Gasteiger partial charge in [-0.1, -0.05) is 66.7 Å². The number of phenolic OH excluding ortho intramolecular Hbond substituents is 1. The quantitative estimate of drug-likeness (QED) is 0.111. The number of nitrogens with one attached hydrogen (secondary N) is 3. The molecule has 0 spiro atoms. The van der Waals surface area contributed by atoms with Crippen LogP contribution in [-0.4, -0.2) is 71.4 Å². The van der Waals surface area contributed by atoms with Crippen molar-refractivity contribution >= 4 is 34.3 Å². The maximum absolute atomic E-state index is 13.0. The van der Waals surface area contributed by atoms with Gasteiger partial charge in [-0.3, -0.25) is 14.9 Å². The minimum Gasteiger partial charge on any atom is -0.506 e. The van der Waals surface area contributed by atoms with Gasteiger partial charge in [0.2, 0.25) is 11.5 Å². The van der Waals surface area contributed by atoms with Gasteiger partial charge in [0.25, 0.3) is 0 Å². The number of aliphatic hydroxyl groups excluding tert-OH is 1. The van der Waals surface area contributed by atoms with Crippen LogP contribution in [0.1, 0.15) is 36.5 Å². The van der Waals surface area contributed by atoms with E-state index in [2.05, 4.69) is 20.5 Å². The number of aromatic amines is 1. The molecule has 1 atom stereocenters. The van der Waals surface area contributed by atoms with E-state index < -0.39 is 12.2 Å². The fraction of sp³-hybridized carbons (Fsp3) is 0.275. The molecule has 2 heterocycles. The number of carbonyl (C=O) groups excluding carboxylic acids is 2. The number of benzene rings is 4. The van der Waals surface area contributed by atoms with Gasteiger partial charge in [0.15, 0.2) is 0 Å². The van der Waals surface area contributed by atoms with Crippen molar-refractivity contribution in [3.05, 3.63) is 125 Å². The number of fused-ring (bicyclic) bond motifs is 1. The van der Waals surface area contributed by atoms with E-state index in [1.165, 1.54) is 12.1 Å². The van der Waals surface area contributed by atoms with Gasteiger partial charge >= 0.3 is 6.09 Å². The molecule has 0 radical (unpaired) electrons. The second-order valence-corrected chi connectivity index (χ2v) is 12.8.